The lowest BCUT2D eigenvalue weighted by Gasteiger charge is -2.29. The standard InChI is InChI=1S/C37H41N5O12S2/c1-6-37(7-2,8-3)36(46)38-25(19-18-24-23-41(39-31(24)34(44)53-9-4)29-16-11-12-17-30(29)56(50,51)52)20-21-28-32(35(45)54-10-5)40-42(33(28)43)26-14-13-15-27(22-26)55(47,48)49/h11-23H,6-10H2,1-5H3,(H,38,46)(H,47,48,49)(H,50,51,52)/b19-18+,25-20-,28-21-. The summed E-state index contributed by atoms with van der Waals surface area (Å²) in [7, 11) is -9.37. The van der Waals surface area contributed by atoms with Crippen LogP contribution in [-0.2, 0) is 44.1 Å². The van der Waals surface area contributed by atoms with Gasteiger partial charge in [0.2, 0.25) is 5.91 Å². The number of hydrazone groups is 1. The molecule has 3 N–H and O–H groups in total. The van der Waals surface area contributed by atoms with Gasteiger partial charge in [0.15, 0.2) is 11.4 Å². The molecule has 1 aromatic heterocycles. The second-order valence-corrected chi connectivity index (χ2v) is 14.9. The number of benzene rings is 2. The number of ether oxygens (including phenoxy) is 2. The van der Waals surface area contributed by atoms with Crippen LogP contribution in [0.25, 0.3) is 11.8 Å². The zero-order valence-corrected chi connectivity index (χ0v) is 32.8. The number of anilines is 1. The normalized spacial score (nSPS) is 14.7. The molecular weight excluding hydrogens is 771 g/mol. The van der Waals surface area contributed by atoms with Crippen LogP contribution in [0.5, 0.6) is 0 Å². The maximum absolute atomic E-state index is 13.8. The van der Waals surface area contributed by atoms with Crippen LogP contribution in [0.2, 0.25) is 0 Å². The quantitative estimate of drug-likeness (QED) is 0.0773. The Bertz CT molecular complexity index is 2370. The molecule has 56 heavy (non-hydrogen) atoms. The lowest BCUT2D eigenvalue weighted by Crippen LogP contribution is -2.39. The van der Waals surface area contributed by atoms with Crippen molar-refractivity contribution >= 4 is 61.5 Å². The van der Waals surface area contributed by atoms with Crippen LogP contribution in [0.1, 0.15) is 69.9 Å². The highest BCUT2D eigenvalue weighted by Gasteiger charge is 2.37. The number of allylic oxidation sites excluding steroid dienone is 3. The maximum atomic E-state index is 13.8. The number of nitrogens with zero attached hydrogens (tertiary/aromatic N) is 4. The molecule has 0 atom stereocenters. The number of aromatic nitrogens is 2. The van der Waals surface area contributed by atoms with Crippen LogP contribution in [-0.4, -0.2) is 78.4 Å². The first kappa shape index (κ1) is 43.0. The molecule has 0 fully saturated rings. The van der Waals surface area contributed by atoms with Gasteiger partial charge in [0, 0.05) is 22.9 Å². The maximum Gasteiger partial charge on any atom is 0.359 e. The fraction of sp³-hybridized carbons (Fsp3) is 0.297. The van der Waals surface area contributed by atoms with E-state index < -0.39 is 59.0 Å². The van der Waals surface area contributed by atoms with Crippen LogP contribution < -0.4 is 10.3 Å². The molecule has 19 heteroatoms. The van der Waals surface area contributed by atoms with Gasteiger partial charge in [-0.3, -0.25) is 18.7 Å². The van der Waals surface area contributed by atoms with Crippen LogP contribution in [0.4, 0.5) is 5.69 Å². The molecule has 0 unspecified atom stereocenters. The Morgan fingerprint density at radius 3 is 2.12 bits per heavy atom. The van der Waals surface area contributed by atoms with Crippen molar-refractivity contribution in [3.63, 3.8) is 0 Å². The number of para-hydroxylation sites is 1. The Hall–Kier alpha value is -5.76. The molecule has 0 aliphatic carbocycles. The number of rotatable bonds is 16. The largest absolute Gasteiger partial charge is 0.461 e. The third-order valence-electron chi connectivity index (χ3n) is 8.95. The van der Waals surface area contributed by atoms with Crippen molar-refractivity contribution in [2.45, 2.75) is 63.7 Å². The van der Waals surface area contributed by atoms with E-state index in [4.69, 9.17) is 9.47 Å². The summed E-state index contributed by atoms with van der Waals surface area (Å²) in [6.45, 7) is 8.62. The summed E-state index contributed by atoms with van der Waals surface area (Å²) >= 11 is 0. The van der Waals surface area contributed by atoms with Crippen molar-refractivity contribution in [2.75, 3.05) is 18.2 Å². The summed E-state index contributed by atoms with van der Waals surface area (Å²) in [4.78, 5) is 52.6. The monoisotopic (exact) mass is 811 g/mol. The van der Waals surface area contributed by atoms with Gasteiger partial charge >= 0.3 is 11.9 Å². The molecular formula is C37H41N5O12S2. The average molecular weight is 812 g/mol. The summed E-state index contributed by atoms with van der Waals surface area (Å²) in [5.41, 5.74) is -1.78. The van der Waals surface area contributed by atoms with E-state index in [1.807, 2.05) is 20.8 Å². The van der Waals surface area contributed by atoms with Gasteiger partial charge in [-0.1, -0.05) is 39.0 Å². The van der Waals surface area contributed by atoms with E-state index in [1.165, 1.54) is 60.8 Å². The molecule has 3 aromatic rings. The minimum Gasteiger partial charge on any atom is -0.461 e. The summed E-state index contributed by atoms with van der Waals surface area (Å²) in [5.74, 6) is -3.09. The van der Waals surface area contributed by atoms with E-state index in [0.29, 0.717) is 19.3 Å². The summed E-state index contributed by atoms with van der Waals surface area (Å²) in [5, 5.41) is 12.0. The predicted octanol–water partition coefficient (Wildman–Crippen LogP) is 4.66. The highest BCUT2D eigenvalue weighted by Crippen LogP contribution is 2.31. The van der Waals surface area contributed by atoms with Crippen molar-refractivity contribution in [1.82, 2.24) is 15.1 Å². The van der Waals surface area contributed by atoms with Gasteiger partial charge in [-0.05, 0) is 87.7 Å². The van der Waals surface area contributed by atoms with Gasteiger partial charge in [-0.15, -0.1) is 0 Å². The van der Waals surface area contributed by atoms with Gasteiger partial charge in [0.1, 0.15) is 4.90 Å². The number of amides is 2. The predicted molar refractivity (Wildman–Crippen MR) is 204 cm³/mol. The molecule has 298 valence electrons. The Morgan fingerprint density at radius 1 is 0.875 bits per heavy atom. The summed E-state index contributed by atoms with van der Waals surface area (Å²) < 4.78 is 78.7. The van der Waals surface area contributed by atoms with E-state index in [-0.39, 0.29) is 53.0 Å². The molecule has 0 bridgehead atoms. The van der Waals surface area contributed by atoms with Crippen molar-refractivity contribution < 1.29 is 54.6 Å². The Kier molecular flexibility index (Phi) is 13.7. The van der Waals surface area contributed by atoms with E-state index in [9.17, 15) is 45.1 Å². The molecule has 2 heterocycles. The number of carbonyl (C=O) groups excluding carboxylic acids is 4. The van der Waals surface area contributed by atoms with E-state index in [0.717, 1.165) is 27.9 Å². The van der Waals surface area contributed by atoms with Crippen molar-refractivity contribution in [2.24, 2.45) is 10.5 Å². The van der Waals surface area contributed by atoms with Gasteiger partial charge in [0.05, 0.1) is 35.1 Å². The first-order valence-electron chi connectivity index (χ1n) is 17.4. The van der Waals surface area contributed by atoms with Crippen LogP contribution >= 0.6 is 0 Å². The minimum atomic E-state index is -4.71. The van der Waals surface area contributed by atoms with Crippen LogP contribution in [0, 0.1) is 5.41 Å². The summed E-state index contributed by atoms with van der Waals surface area (Å²) in [6, 6.07) is 10.1. The molecule has 4 rings (SSSR count). The molecule has 17 nitrogen and oxygen atoms in total. The summed E-state index contributed by atoms with van der Waals surface area (Å²) in [6.07, 6.45) is 8.02. The lowest BCUT2D eigenvalue weighted by molar-refractivity contribution is -0.135. The molecule has 0 radical (unpaired) electrons. The molecule has 2 amide bonds. The Morgan fingerprint density at radius 2 is 1.52 bits per heavy atom. The zero-order valence-electron chi connectivity index (χ0n) is 31.1. The number of hydrogen-bond acceptors (Lipinski definition) is 12. The fourth-order valence-electron chi connectivity index (χ4n) is 5.71. The second kappa shape index (κ2) is 17.8. The third kappa shape index (κ3) is 9.54. The van der Waals surface area contributed by atoms with E-state index in [1.54, 1.807) is 13.8 Å². The van der Waals surface area contributed by atoms with Crippen LogP contribution in [0.3, 0.4) is 0 Å². The van der Waals surface area contributed by atoms with Gasteiger partial charge in [-0.25, -0.2) is 14.3 Å². The number of nitrogens with one attached hydrogen (secondary N) is 1. The Labute approximate surface area is 323 Å². The third-order valence-corrected chi connectivity index (χ3v) is 10.7. The highest BCUT2D eigenvalue weighted by atomic mass is 32.2. The van der Waals surface area contributed by atoms with Crippen molar-refractivity contribution in [3.8, 4) is 5.69 Å². The molecule has 2 aromatic carbocycles. The van der Waals surface area contributed by atoms with Crippen LogP contribution in [0.15, 0.2) is 99.1 Å². The first-order valence-corrected chi connectivity index (χ1v) is 20.3. The van der Waals surface area contributed by atoms with Crippen molar-refractivity contribution in [1.29, 1.82) is 0 Å². The first-order chi connectivity index (χ1) is 26.4. The molecule has 1 aliphatic rings. The molecule has 1 aliphatic heterocycles. The molecule has 0 saturated heterocycles. The van der Waals surface area contributed by atoms with E-state index in [2.05, 4.69) is 15.5 Å². The fourth-order valence-corrected chi connectivity index (χ4v) is 6.90. The van der Waals surface area contributed by atoms with Gasteiger partial charge < -0.3 is 14.8 Å². The zero-order chi connectivity index (χ0) is 41.4. The molecule has 0 saturated carbocycles. The van der Waals surface area contributed by atoms with E-state index >= 15 is 0 Å². The van der Waals surface area contributed by atoms with Gasteiger partial charge in [0.25, 0.3) is 26.1 Å². The number of carbonyl (C=O) groups is 4. The second-order valence-electron chi connectivity index (χ2n) is 12.1. The topological polar surface area (TPSA) is 241 Å². The lowest BCUT2D eigenvalue weighted by atomic mass is 9.79. The van der Waals surface area contributed by atoms with Gasteiger partial charge in [-0.2, -0.15) is 32.0 Å². The minimum absolute atomic E-state index is 0.0200. The highest BCUT2D eigenvalue weighted by molar-refractivity contribution is 7.86. The molecule has 0 spiro atoms. The smallest absolute Gasteiger partial charge is 0.359 e. The Balaban J connectivity index is 1.89. The average Bonchev–Trinajstić information content (AvgIpc) is 3.74. The van der Waals surface area contributed by atoms with Crippen molar-refractivity contribution in [3.05, 3.63) is 95.5 Å². The number of hydrogen-bond donors (Lipinski definition) is 3. The number of esters is 2. The SMILES string of the molecule is CCOC(=O)C1=NN(c2cccc(S(=O)(=O)O)c2)C(=O)\C1=C/C=C(/C=C/c1cn(-c2ccccc2S(=O)(=O)O)nc1C(=O)OCC)NC(=O)C(CC)(CC)CC.